The Balaban J connectivity index is 0.00000162. The number of aryl methyl sites for hydroxylation is 3. The van der Waals surface area contributed by atoms with E-state index >= 15 is 0 Å². The Kier molecular flexibility index (Phi) is 5.43. The van der Waals surface area contributed by atoms with E-state index in [1.807, 2.05) is 31.4 Å². The van der Waals surface area contributed by atoms with Crippen LogP contribution >= 0.6 is 0 Å². The molecule has 18 heavy (non-hydrogen) atoms. The molecular weight excluding hydrogens is 297 g/mol. The van der Waals surface area contributed by atoms with Gasteiger partial charge in [-0.05, 0) is 20.8 Å². The minimum atomic E-state index is 0. The summed E-state index contributed by atoms with van der Waals surface area (Å²) in [5.41, 5.74) is 6.25. The molecule has 0 bridgehead atoms. The maximum absolute atomic E-state index is 11.0. The summed E-state index contributed by atoms with van der Waals surface area (Å²) in [6.45, 7) is 6.15. The van der Waals surface area contributed by atoms with Crippen molar-refractivity contribution in [2.45, 2.75) is 20.8 Å². The van der Waals surface area contributed by atoms with E-state index in [4.69, 9.17) is 0 Å². The summed E-state index contributed by atoms with van der Waals surface area (Å²) in [6.07, 6.45) is 2.02. The van der Waals surface area contributed by atoms with Crippen LogP contribution in [0.1, 0.15) is 22.3 Å². The number of carbonyl (C=O) groups excluding carboxylic acids is 1. The summed E-state index contributed by atoms with van der Waals surface area (Å²) in [5.74, 6) is 0. The van der Waals surface area contributed by atoms with Gasteiger partial charge in [0.1, 0.15) is 0 Å². The molecule has 0 atom stereocenters. The van der Waals surface area contributed by atoms with Crippen molar-refractivity contribution in [3.8, 4) is 11.1 Å². The van der Waals surface area contributed by atoms with Gasteiger partial charge >= 0.3 is 32.7 Å². The van der Waals surface area contributed by atoms with Crippen molar-refractivity contribution in [1.82, 2.24) is 0 Å². The molecular formula is C16H15OY+2. The fourth-order valence-electron chi connectivity index (χ4n) is 2.00. The van der Waals surface area contributed by atoms with Crippen LogP contribution in [-0.2, 0) is 37.5 Å². The molecule has 0 fully saturated rings. The van der Waals surface area contributed by atoms with Gasteiger partial charge in [0.15, 0.2) is 0 Å². The Morgan fingerprint density at radius 2 is 1.39 bits per heavy atom. The minimum Gasteiger partial charge on any atom is -0.376 e. The fourth-order valence-corrected chi connectivity index (χ4v) is 2.00. The van der Waals surface area contributed by atoms with E-state index in [2.05, 4.69) is 32.0 Å². The average molecular weight is 312 g/mol. The number of hydrogen-bond acceptors (Lipinski definition) is 1. The molecule has 0 unspecified atom stereocenters. The quantitative estimate of drug-likeness (QED) is 0.772. The van der Waals surface area contributed by atoms with E-state index in [1.54, 1.807) is 0 Å². The molecule has 0 N–H and O–H groups in total. The van der Waals surface area contributed by atoms with Crippen molar-refractivity contribution < 1.29 is 37.5 Å². The van der Waals surface area contributed by atoms with Crippen LogP contribution in [0.25, 0.3) is 11.1 Å². The fraction of sp³-hybridized carbons (Fsp3) is 0.188. The van der Waals surface area contributed by atoms with Crippen molar-refractivity contribution in [2.24, 2.45) is 0 Å². The molecule has 2 heteroatoms. The molecule has 0 aliphatic heterocycles. The van der Waals surface area contributed by atoms with Crippen LogP contribution in [0.3, 0.4) is 0 Å². The van der Waals surface area contributed by atoms with Crippen molar-refractivity contribution in [2.75, 3.05) is 0 Å². The van der Waals surface area contributed by atoms with Crippen LogP contribution in [0.4, 0.5) is 0 Å². The smallest absolute Gasteiger partial charge is 0.376 e. The molecule has 0 spiro atoms. The van der Waals surface area contributed by atoms with Gasteiger partial charge in [0, 0.05) is 0 Å². The second kappa shape index (κ2) is 6.40. The first-order valence-corrected chi connectivity index (χ1v) is 5.68. The van der Waals surface area contributed by atoms with Gasteiger partial charge in [-0.1, -0.05) is 40.5 Å². The summed E-state index contributed by atoms with van der Waals surface area (Å²) in [5, 5.41) is 0. The van der Waals surface area contributed by atoms with Gasteiger partial charge in [-0.15, -0.1) is 23.3 Å². The average Bonchev–Trinajstić information content (AvgIpc) is 2.32. The third-order valence-corrected chi connectivity index (χ3v) is 2.97. The third kappa shape index (κ3) is 3.15. The molecule has 2 aromatic rings. The predicted molar refractivity (Wildman–Crippen MR) is 70.9 cm³/mol. The maximum Gasteiger partial charge on any atom is 3.00 e. The van der Waals surface area contributed by atoms with E-state index in [-0.39, 0.29) is 32.7 Å². The summed E-state index contributed by atoms with van der Waals surface area (Å²) < 4.78 is 0. The van der Waals surface area contributed by atoms with E-state index in [9.17, 15) is 4.79 Å². The Labute approximate surface area is 133 Å². The summed E-state index contributed by atoms with van der Waals surface area (Å²) in [4.78, 5) is 11.0. The van der Waals surface area contributed by atoms with Gasteiger partial charge < -0.3 is 4.79 Å². The van der Waals surface area contributed by atoms with Crippen LogP contribution < -0.4 is 0 Å². The first kappa shape index (κ1) is 15.3. The number of benzene rings is 2. The molecule has 0 saturated carbocycles. The van der Waals surface area contributed by atoms with Crippen molar-refractivity contribution >= 4 is 6.29 Å². The topological polar surface area (TPSA) is 17.1 Å². The van der Waals surface area contributed by atoms with Crippen molar-refractivity contribution in [3.05, 3.63) is 58.7 Å². The van der Waals surface area contributed by atoms with Gasteiger partial charge in [-0.2, -0.15) is 6.07 Å². The van der Waals surface area contributed by atoms with Gasteiger partial charge in [-0.3, -0.25) is 0 Å². The second-order valence-electron chi connectivity index (χ2n) is 4.47. The molecule has 0 aromatic heterocycles. The second-order valence-corrected chi connectivity index (χ2v) is 4.47. The standard InChI is InChI=1S/C16H15O.Y/c1-11-4-6-13(3)15(8-11)16-9-12(2)5-7-14(16)10-17;/h4-9H,1-3H3;/q-1;+3. The van der Waals surface area contributed by atoms with Crippen molar-refractivity contribution in [1.29, 1.82) is 0 Å². The number of rotatable bonds is 2. The Morgan fingerprint density at radius 3 is 2.00 bits per heavy atom. The first-order chi connectivity index (χ1) is 8.11. The first-order valence-electron chi connectivity index (χ1n) is 5.68. The third-order valence-electron chi connectivity index (χ3n) is 2.97. The Bertz CT molecular complexity index is 573. The number of hydrogen-bond donors (Lipinski definition) is 0. The molecule has 86 valence electrons. The summed E-state index contributed by atoms with van der Waals surface area (Å²) in [7, 11) is 0. The van der Waals surface area contributed by atoms with Crippen LogP contribution in [0.2, 0.25) is 0 Å². The molecule has 0 heterocycles. The van der Waals surface area contributed by atoms with Crippen molar-refractivity contribution in [3.63, 3.8) is 0 Å². The molecule has 2 rings (SSSR count). The monoisotopic (exact) mass is 312 g/mol. The van der Waals surface area contributed by atoms with Gasteiger partial charge in [0.25, 0.3) is 0 Å². The molecule has 0 radical (unpaired) electrons. The van der Waals surface area contributed by atoms with Gasteiger partial charge in [0.2, 0.25) is 0 Å². The molecule has 0 amide bonds. The van der Waals surface area contributed by atoms with Gasteiger partial charge in [-0.25, -0.2) is 0 Å². The van der Waals surface area contributed by atoms with Crippen LogP contribution in [0.15, 0.2) is 36.4 Å². The Morgan fingerprint density at radius 1 is 0.833 bits per heavy atom. The van der Waals surface area contributed by atoms with Gasteiger partial charge in [0.05, 0.1) is 6.29 Å². The SMILES string of the molecule is Cc1ccc(C)c(-c2cc(C)ccc2[C-]=O)c1.[Y+3]. The van der Waals surface area contributed by atoms with E-state index in [0.29, 0.717) is 5.56 Å². The van der Waals surface area contributed by atoms with Crippen LogP contribution in [0, 0.1) is 20.8 Å². The zero-order valence-electron chi connectivity index (χ0n) is 10.9. The maximum atomic E-state index is 11.0. The van der Waals surface area contributed by atoms with E-state index in [0.717, 1.165) is 16.7 Å². The summed E-state index contributed by atoms with van der Waals surface area (Å²) >= 11 is 0. The van der Waals surface area contributed by atoms with E-state index < -0.39 is 0 Å². The largest absolute Gasteiger partial charge is 3.00 e. The predicted octanol–water partition coefficient (Wildman–Crippen LogP) is 3.73. The summed E-state index contributed by atoms with van der Waals surface area (Å²) in [6, 6.07) is 12.1. The van der Waals surface area contributed by atoms with Crippen LogP contribution in [0.5, 0.6) is 0 Å². The zero-order chi connectivity index (χ0) is 12.4. The molecule has 2 aromatic carbocycles. The van der Waals surface area contributed by atoms with Crippen LogP contribution in [-0.4, -0.2) is 6.29 Å². The molecule has 0 aliphatic rings. The molecule has 1 nitrogen and oxygen atoms in total. The normalized spacial score (nSPS) is 9.72. The zero-order valence-corrected chi connectivity index (χ0v) is 13.8. The molecule has 0 aliphatic carbocycles. The van der Waals surface area contributed by atoms with E-state index in [1.165, 1.54) is 11.1 Å². The molecule has 0 saturated heterocycles. The minimum absolute atomic E-state index is 0. The Hall–Kier alpha value is -0.786.